The van der Waals surface area contributed by atoms with Crippen LogP contribution in [0.5, 0.6) is 0 Å². The van der Waals surface area contributed by atoms with Gasteiger partial charge < -0.3 is 10.2 Å². The van der Waals surface area contributed by atoms with Gasteiger partial charge in [-0.15, -0.1) is 0 Å². The largest absolute Gasteiger partial charge is 0.370 e. The number of hydrogen-bond donors (Lipinski definition) is 1. The summed E-state index contributed by atoms with van der Waals surface area (Å²) in [6.45, 7) is 7.43. The molecule has 0 aromatic carbocycles. The van der Waals surface area contributed by atoms with Crippen molar-refractivity contribution in [2.75, 3.05) is 23.8 Å². The quantitative estimate of drug-likeness (QED) is 0.858. The second-order valence-corrected chi connectivity index (χ2v) is 6.10. The molecule has 1 aromatic rings. The first-order chi connectivity index (χ1) is 9.61. The van der Waals surface area contributed by atoms with Crippen molar-refractivity contribution < 1.29 is 0 Å². The first-order valence-electron chi connectivity index (χ1n) is 7.97. The Morgan fingerprint density at radius 2 is 2.00 bits per heavy atom. The Kier molecular flexibility index (Phi) is 5.21. The summed E-state index contributed by atoms with van der Waals surface area (Å²) in [5.74, 6) is 3.32. The fourth-order valence-electron chi connectivity index (χ4n) is 2.71. The maximum Gasteiger partial charge on any atom is 0.135 e. The minimum absolute atomic E-state index is 0.356. The molecule has 0 saturated heterocycles. The van der Waals surface area contributed by atoms with E-state index in [4.69, 9.17) is 4.98 Å². The van der Waals surface area contributed by atoms with E-state index in [9.17, 15) is 0 Å². The summed E-state index contributed by atoms with van der Waals surface area (Å²) in [5.41, 5.74) is 0. The Hall–Kier alpha value is -1.32. The molecule has 1 aliphatic carbocycles. The highest BCUT2D eigenvalue weighted by Gasteiger charge is 2.21. The predicted molar refractivity (Wildman–Crippen MR) is 85.6 cm³/mol. The third-order valence-corrected chi connectivity index (χ3v) is 4.04. The van der Waals surface area contributed by atoms with Crippen molar-refractivity contribution in [3.63, 3.8) is 0 Å². The number of aromatic nitrogens is 2. The van der Waals surface area contributed by atoms with Crippen molar-refractivity contribution in [3.05, 3.63) is 11.9 Å². The van der Waals surface area contributed by atoms with E-state index in [-0.39, 0.29) is 0 Å². The molecule has 0 atom stereocenters. The highest BCUT2D eigenvalue weighted by Crippen LogP contribution is 2.27. The van der Waals surface area contributed by atoms with E-state index < -0.39 is 0 Å². The lowest BCUT2D eigenvalue weighted by molar-refractivity contribution is 0.640. The first-order valence-corrected chi connectivity index (χ1v) is 7.97. The first kappa shape index (κ1) is 15.1. The van der Waals surface area contributed by atoms with Crippen LogP contribution in [0.2, 0.25) is 0 Å². The van der Waals surface area contributed by atoms with Crippen LogP contribution >= 0.6 is 0 Å². The average Bonchev–Trinajstić information content (AvgIpc) is 2.98. The van der Waals surface area contributed by atoms with Crippen LogP contribution in [-0.4, -0.2) is 29.6 Å². The average molecular weight is 276 g/mol. The number of nitrogens with zero attached hydrogens (tertiary/aromatic N) is 3. The topological polar surface area (TPSA) is 41.0 Å². The van der Waals surface area contributed by atoms with E-state index in [0.717, 1.165) is 30.4 Å². The van der Waals surface area contributed by atoms with Crippen LogP contribution in [0.1, 0.15) is 64.6 Å². The van der Waals surface area contributed by atoms with Crippen molar-refractivity contribution in [1.82, 2.24) is 9.97 Å². The standard InChI is InChI=1S/C16H28N4/c1-5-10-17-14-11-15(19-16(18-14)12(2)3)20(4)13-8-6-7-9-13/h11-13H,5-10H2,1-4H3,(H,17,18,19). The summed E-state index contributed by atoms with van der Waals surface area (Å²) in [7, 11) is 2.17. The van der Waals surface area contributed by atoms with Crippen LogP contribution in [0.25, 0.3) is 0 Å². The maximum absolute atomic E-state index is 4.76. The van der Waals surface area contributed by atoms with E-state index in [2.05, 4.69) is 49.1 Å². The lowest BCUT2D eigenvalue weighted by Crippen LogP contribution is -2.30. The zero-order valence-corrected chi connectivity index (χ0v) is 13.3. The Bertz CT molecular complexity index is 424. The van der Waals surface area contributed by atoms with Gasteiger partial charge in [-0.1, -0.05) is 33.6 Å². The highest BCUT2D eigenvalue weighted by atomic mass is 15.2. The second kappa shape index (κ2) is 6.91. The third-order valence-electron chi connectivity index (χ3n) is 4.04. The van der Waals surface area contributed by atoms with Crippen molar-refractivity contribution in [1.29, 1.82) is 0 Å². The molecule has 1 saturated carbocycles. The normalized spacial score (nSPS) is 15.8. The van der Waals surface area contributed by atoms with E-state index >= 15 is 0 Å². The predicted octanol–water partition coefficient (Wildman–Crippen LogP) is 3.80. The number of hydrogen-bond acceptors (Lipinski definition) is 4. The van der Waals surface area contributed by atoms with Gasteiger partial charge in [0.15, 0.2) is 0 Å². The summed E-state index contributed by atoms with van der Waals surface area (Å²) >= 11 is 0. The molecule has 0 aliphatic heterocycles. The smallest absolute Gasteiger partial charge is 0.135 e. The number of nitrogens with one attached hydrogen (secondary N) is 1. The van der Waals surface area contributed by atoms with Gasteiger partial charge in [0, 0.05) is 31.6 Å². The molecule has 0 spiro atoms. The third kappa shape index (κ3) is 3.62. The molecule has 0 bridgehead atoms. The fraction of sp³-hybridized carbons (Fsp3) is 0.750. The molecule has 4 nitrogen and oxygen atoms in total. The molecule has 0 amide bonds. The lowest BCUT2D eigenvalue weighted by atomic mass is 10.2. The van der Waals surface area contributed by atoms with Crippen molar-refractivity contribution in [2.45, 2.75) is 64.8 Å². The number of rotatable bonds is 6. The molecule has 0 radical (unpaired) electrons. The van der Waals surface area contributed by atoms with Gasteiger partial charge in [0.05, 0.1) is 0 Å². The second-order valence-electron chi connectivity index (χ2n) is 6.10. The molecule has 1 heterocycles. The molecule has 4 heteroatoms. The molecule has 1 aliphatic rings. The lowest BCUT2D eigenvalue weighted by Gasteiger charge is -2.26. The highest BCUT2D eigenvalue weighted by molar-refractivity contribution is 5.50. The molecule has 20 heavy (non-hydrogen) atoms. The Labute approximate surface area is 123 Å². The molecule has 2 rings (SSSR count). The fourth-order valence-corrected chi connectivity index (χ4v) is 2.71. The van der Waals surface area contributed by atoms with Gasteiger partial charge >= 0.3 is 0 Å². The van der Waals surface area contributed by atoms with E-state index in [1.807, 2.05) is 0 Å². The van der Waals surface area contributed by atoms with E-state index in [1.165, 1.54) is 25.7 Å². The van der Waals surface area contributed by atoms with Crippen LogP contribution in [0.15, 0.2) is 6.07 Å². The number of anilines is 2. The zero-order chi connectivity index (χ0) is 14.5. The van der Waals surface area contributed by atoms with Gasteiger partial charge in [-0.2, -0.15) is 0 Å². The summed E-state index contributed by atoms with van der Waals surface area (Å²) < 4.78 is 0. The van der Waals surface area contributed by atoms with Gasteiger partial charge in [0.25, 0.3) is 0 Å². The van der Waals surface area contributed by atoms with Crippen LogP contribution < -0.4 is 10.2 Å². The van der Waals surface area contributed by atoms with E-state index in [1.54, 1.807) is 0 Å². The molecule has 1 fully saturated rings. The molecular weight excluding hydrogens is 248 g/mol. The Morgan fingerprint density at radius 3 is 2.60 bits per heavy atom. The maximum atomic E-state index is 4.76. The van der Waals surface area contributed by atoms with Gasteiger partial charge in [-0.3, -0.25) is 0 Å². The van der Waals surface area contributed by atoms with Crippen molar-refractivity contribution in [2.24, 2.45) is 0 Å². The van der Waals surface area contributed by atoms with Crippen LogP contribution in [0.4, 0.5) is 11.6 Å². The summed E-state index contributed by atoms with van der Waals surface area (Å²) in [6, 6.07) is 2.74. The van der Waals surface area contributed by atoms with Gasteiger partial charge in [-0.25, -0.2) is 9.97 Å². The van der Waals surface area contributed by atoms with Crippen LogP contribution in [-0.2, 0) is 0 Å². The molecule has 1 aromatic heterocycles. The Balaban J connectivity index is 2.23. The summed E-state index contributed by atoms with van der Waals surface area (Å²) in [6.07, 6.45) is 6.37. The van der Waals surface area contributed by atoms with Gasteiger partial charge in [0.2, 0.25) is 0 Å². The van der Waals surface area contributed by atoms with Crippen LogP contribution in [0, 0.1) is 0 Å². The molecule has 112 valence electrons. The minimum Gasteiger partial charge on any atom is -0.370 e. The van der Waals surface area contributed by atoms with Gasteiger partial charge in [-0.05, 0) is 19.3 Å². The molecular formula is C16H28N4. The Morgan fingerprint density at radius 1 is 1.30 bits per heavy atom. The summed E-state index contributed by atoms with van der Waals surface area (Å²) in [4.78, 5) is 11.7. The van der Waals surface area contributed by atoms with E-state index in [0.29, 0.717) is 12.0 Å². The minimum atomic E-state index is 0.356. The van der Waals surface area contributed by atoms with Crippen molar-refractivity contribution in [3.8, 4) is 0 Å². The molecule has 0 unspecified atom stereocenters. The SMILES string of the molecule is CCCNc1cc(N(C)C2CCCC2)nc(C(C)C)n1. The van der Waals surface area contributed by atoms with Gasteiger partial charge in [0.1, 0.15) is 17.5 Å². The molecule has 1 N–H and O–H groups in total. The monoisotopic (exact) mass is 276 g/mol. The summed E-state index contributed by atoms with van der Waals surface area (Å²) in [5, 5.41) is 3.40. The zero-order valence-electron chi connectivity index (χ0n) is 13.3. The van der Waals surface area contributed by atoms with Crippen LogP contribution in [0.3, 0.4) is 0 Å². The van der Waals surface area contributed by atoms with Crippen molar-refractivity contribution >= 4 is 11.6 Å².